The first-order valence-electron chi connectivity index (χ1n) is 7.48. The Morgan fingerprint density at radius 3 is 2.43 bits per heavy atom. The quantitative estimate of drug-likeness (QED) is 0.787. The predicted octanol–water partition coefficient (Wildman–Crippen LogP) is 0.906. The first kappa shape index (κ1) is 17.3. The van der Waals surface area contributed by atoms with Crippen LogP contribution in [0.5, 0.6) is 0 Å². The lowest BCUT2D eigenvalue weighted by atomic mass is 10.1. The Kier molecular flexibility index (Phi) is 5.63. The summed E-state index contributed by atoms with van der Waals surface area (Å²) < 4.78 is 0. The highest BCUT2D eigenvalue weighted by atomic mass is 35.5. The Morgan fingerprint density at radius 1 is 1.17 bits per heavy atom. The number of rotatable bonds is 2. The summed E-state index contributed by atoms with van der Waals surface area (Å²) in [5, 5.41) is 6.43. The zero-order chi connectivity index (χ0) is 15.5. The molecule has 0 saturated carbocycles. The molecule has 0 bridgehead atoms. The summed E-state index contributed by atoms with van der Waals surface area (Å²) in [6.07, 6.45) is 1.85. The Bertz CT molecular complexity index is 618. The summed E-state index contributed by atoms with van der Waals surface area (Å²) in [6.45, 7) is 3.56. The van der Waals surface area contributed by atoms with Gasteiger partial charge in [0.05, 0.1) is 0 Å². The molecule has 3 rings (SSSR count). The molecule has 124 valence electrons. The van der Waals surface area contributed by atoms with E-state index in [9.17, 15) is 4.79 Å². The van der Waals surface area contributed by atoms with Crippen molar-refractivity contribution in [1.29, 1.82) is 0 Å². The van der Waals surface area contributed by atoms with Crippen molar-refractivity contribution in [3.8, 4) is 0 Å². The van der Waals surface area contributed by atoms with E-state index in [4.69, 9.17) is 0 Å². The van der Waals surface area contributed by atoms with Crippen LogP contribution in [0.3, 0.4) is 0 Å². The van der Waals surface area contributed by atoms with Gasteiger partial charge in [0, 0.05) is 46.0 Å². The second-order valence-electron chi connectivity index (χ2n) is 5.65. The topological polar surface area (TPSA) is 60.0 Å². The monoisotopic (exact) mass is 335 g/mol. The lowest BCUT2D eigenvalue weighted by molar-refractivity contribution is -0.114. The summed E-state index contributed by atoms with van der Waals surface area (Å²) in [4.78, 5) is 20.3. The van der Waals surface area contributed by atoms with E-state index in [0.29, 0.717) is 11.7 Å². The molecule has 2 aliphatic heterocycles. The van der Waals surface area contributed by atoms with E-state index in [2.05, 4.69) is 20.5 Å². The van der Waals surface area contributed by atoms with Gasteiger partial charge < -0.3 is 20.4 Å². The highest BCUT2D eigenvalue weighted by Crippen LogP contribution is 2.16. The number of aliphatic imine (C=N–C) groups is 1. The van der Waals surface area contributed by atoms with Gasteiger partial charge in [-0.25, -0.2) is 0 Å². The molecule has 1 aromatic carbocycles. The van der Waals surface area contributed by atoms with E-state index in [-0.39, 0.29) is 18.3 Å². The molecule has 2 N–H and O–H groups in total. The maximum Gasteiger partial charge on any atom is 0.296 e. The summed E-state index contributed by atoms with van der Waals surface area (Å²) in [7, 11) is 4.01. The fourth-order valence-electron chi connectivity index (χ4n) is 2.52. The number of benzene rings is 1. The average molecular weight is 336 g/mol. The van der Waals surface area contributed by atoms with Gasteiger partial charge in [0.1, 0.15) is 5.70 Å². The lowest BCUT2D eigenvalue weighted by Gasteiger charge is -2.28. The number of halogens is 1. The van der Waals surface area contributed by atoms with Crippen molar-refractivity contribution in [3.63, 3.8) is 0 Å². The van der Waals surface area contributed by atoms with Crippen LogP contribution in [-0.4, -0.2) is 57.0 Å². The molecular weight excluding hydrogens is 314 g/mol. The molecule has 0 radical (unpaired) electrons. The van der Waals surface area contributed by atoms with Crippen LogP contribution in [0, 0.1) is 0 Å². The molecule has 6 nitrogen and oxygen atoms in total. The van der Waals surface area contributed by atoms with E-state index in [1.54, 1.807) is 0 Å². The van der Waals surface area contributed by atoms with Gasteiger partial charge >= 0.3 is 0 Å². The Hall–Kier alpha value is -2.05. The molecular formula is C16H22ClN5O. The Labute approximate surface area is 142 Å². The first-order chi connectivity index (χ1) is 10.6. The molecule has 0 aliphatic carbocycles. The summed E-state index contributed by atoms with van der Waals surface area (Å²) in [5.41, 5.74) is 2.65. The molecule has 1 amide bonds. The minimum atomic E-state index is -0.204. The van der Waals surface area contributed by atoms with Crippen molar-refractivity contribution in [1.82, 2.24) is 15.5 Å². The van der Waals surface area contributed by atoms with Gasteiger partial charge in [-0.3, -0.25) is 4.79 Å². The highest BCUT2D eigenvalue weighted by Gasteiger charge is 2.25. The summed E-state index contributed by atoms with van der Waals surface area (Å²) >= 11 is 0. The minimum absolute atomic E-state index is 0. The third-order valence-corrected chi connectivity index (χ3v) is 3.82. The van der Waals surface area contributed by atoms with Crippen molar-refractivity contribution in [2.45, 2.75) is 0 Å². The smallest absolute Gasteiger partial charge is 0.296 e. The van der Waals surface area contributed by atoms with Crippen LogP contribution in [0.2, 0.25) is 0 Å². The highest BCUT2D eigenvalue weighted by molar-refractivity contribution is 6.12. The largest absolute Gasteiger partial charge is 0.378 e. The zero-order valence-electron chi connectivity index (χ0n) is 13.4. The third kappa shape index (κ3) is 4.03. The molecule has 7 heteroatoms. The van der Waals surface area contributed by atoms with Crippen LogP contribution in [0.4, 0.5) is 5.69 Å². The Balaban J connectivity index is 0.00000192. The van der Waals surface area contributed by atoms with E-state index in [0.717, 1.165) is 37.4 Å². The van der Waals surface area contributed by atoms with Gasteiger partial charge in [-0.2, -0.15) is 4.99 Å². The van der Waals surface area contributed by atoms with Crippen LogP contribution < -0.4 is 15.5 Å². The van der Waals surface area contributed by atoms with Crippen LogP contribution in [-0.2, 0) is 4.79 Å². The second kappa shape index (κ2) is 7.48. The number of carbonyl (C=O) groups is 1. The number of hydrogen-bond donors (Lipinski definition) is 2. The maximum atomic E-state index is 12.0. The van der Waals surface area contributed by atoms with Gasteiger partial charge in [-0.1, -0.05) is 12.1 Å². The van der Waals surface area contributed by atoms with Crippen molar-refractivity contribution < 1.29 is 4.79 Å². The molecule has 1 fully saturated rings. The third-order valence-electron chi connectivity index (χ3n) is 3.82. The van der Waals surface area contributed by atoms with Crippen LogP contribution in [0.25, 0.3) is 6.08 Å². The van der Waals surface area contributed by atoms with Gasteiger partial charge in [-0.05, 0) is 23.8 Å². The molecule has 0 atom stereocenters. The predicted molar refractivity (Wildman–Crippen MR) is 96.0 cm³/mol. The number of hydrogen-bond acceptors (Lipinski definition) is 5. The molecule has 0 aromatic heterocycles. The molecule has 1 aromatic rings. The average Bonchev–Trinajstić information content (AvgIpc) is 2.90. The number of amides is 1. The number of nitrogens with zero attached hydrogens (tertiary/aromatic N) is 3. The van der Waals surface area contributed by atoms with Gasteiger partial charge in [0.15, 0.2) is 0 Å². The molecule has 1 saturated heterocycles. The molecule has 0 spiro atoms. The number of nitrogens with one attached hydrogen (secondary N) is 2. The van der Waals surface area contributed by atoms with Crippen LogP contribution >= 0.6 is 12.4 Å². The number of anilines is 1. The van der Waals surface area contributed by atoms with Crippen molar-refractivity contribution in [3.05, 3.63) is 35.5 Å². The van der Waals surface area contributed by atoms with Crippen LogP contribution in [0.15, 0.2) is 35.0 Å². The van der Waals surface area contributed by atoms with Crippen molar-refractivity contribution in [2.24, 2.45) is 4.99 Å². The maximum absolute atomic E-state index is 12.0. The van der Waals surface area contributed by atoms with Crippen LogP contribution in [0.1, 0.15) is 5.56 Å². The summed E-state index contributed by atoms with van der Waals surface area (Å²) in [6, 6.07) is 8.06. The van der Waals surface area contributed by atoms with Gasteiger partial charge in [0.2, 0.25) is 5.96 Å². The fourth-order valence-corrected chi connectivity index (χ4v) is 2.52. The van der Waals surface area contributed by atoms with E-state index < -0.39 is 0 Å². The van der Waals surface area contributed by atoms with E-state index in [1.165, 1.54) is 0 Å². The van der Waals surface area contributed by atoms with E-state index >= 15 is 0 Å². The van der Waals surface area contributed by atoms with Gasteiger partial charge in [-0.15, -0.1) is 12.4 Å². The second-order valence-corrected chi connectivity index (χ2v) is 5.65. The lowest BCUT2D eigenvalue weighted by Crippen LogP contribution is -2.49. The fraction of sp³-hybridized carbons (Fsp3) is 0.375. The molecule has 2 heterocycles. The Morgan fingerprint density at radius 2 is 1.83 bits per heavy atom. The number of piperazine rings is 1. The van der Waals surface area contributed by atoms with Crippen molar-refractivity contribution >= 4 is 36.0 Å². The standard InChI is InChI=1S/C16H21N5O.ClH/c1-20(2)13-5-3-12(4-6-13)11-14-15(22)19-16(18-14)21-9-7-17-8-10-21;/h3-6,11,17H,7-10H2,1-2H3,(H,18,19,22);1H/b14-11-;. The molecule has 2 aliphatic rings. The number of carbonyl (C=O) groups excluding carboxylic acids is 1. The van der Waals surface area contributed by atoms with E-state index in [1.807, 2.05) is 49.3 Å². The molecule has 0 unspecified atom stereocenters. The first-order valence-corrected chi connectivity index (χ1v) is 7.48. The minimum Gasteiger partial charge on any atom is -0.378 e. The number of guanidine groups is 1. The van der Waals surface area contributed by atoms with Crippen molar-refractivity contribution in [2.75, 3.05) is 45.2 Å². The summed E-state index contributed by atoms with van der Waals surface area (Å²) in [5.74, 6) is 0.466. The van der Waals surface area contributed by atoms with Gasteiger partial charge in [0.25, 0.3) is 5.91 Å². The zero-order valence-corrected chi connectivity index (χ0v) is 14.2. The molecule has 23 heavy (non-hydrogen) atoms. The SMILES string of the molecule is CN(C)c1ccc(/C=C2\NC(N3CCNCC3)=NC2=O)cc1.Cl. The normalized spacial score (nSPS) is 19.2.